The first kappa shape index (κ1) is 16.5. The number of hydrogen-bond donors (Lipinski definition) is 1. The summed E-state index contributed by atoms with van der Waals surface area (Å²) >= 11 is 0. The number of ether oxygens (including phenoxy) is 2. The number of nitrogens with zero attached hydrogens (tertiary/aromatic N) is 1. The Balaban J connectivity index is 2.10. The molecule has 6 heteroatoms. The molecule has 1 aliphatic heterocycles. The van der Waals surface area contributed by atoms with Crippen LogP contribution in [0.25, 0.3) is 0 Å². The number of urea groups is 1. The first-order chi connectivity index (χ1) is 10.4. The summed E-state index contributed by atoms with van der Waals surface area (Å²) in [4.78, 5) is 14.1. The van der Waals surface area contributed by atoms with Crippen molar-refractivity contribution in [2.45, 2.75) is 32.8 Å². The topological polar surface area (TPSA) is 50.8 Å². The molecule has 0 bridgehead atoms. The molecule has 0 radical (unpaired) electrons. The minimum atomic E-state index is -0.497. The highest BCUT2D eigenvalue weighted by atomic mass is 19.1. The van der Waals surface area contributed by atoms with Crippen LogP contribution in [0.3, 0.4) is 0 Å². The van der Waals surface area contributed by atoms with Crippen molar-refractivity contribution in [1.82, 2.24) is 4.90 Å². The number of benzene rings is 1. The number of methoxy groups -OCH3 is 1. The molecule has 1 aliphatic rings. The summed E-state index contributed by atoms with van der Waals surface area (Å²) in [5, 5.41) is 2.77. The van der Waals surface area contributed by atoms with Crippen LogP contribution in [0.1, 0.15) is 25.8 Å². The molecule has 22 heavy (non-hydrogen) atoms. The largest absolute Gasteiger partial charge is 0.494 e. The monoisotopic (exact) mass is 310 g/mol. The molecule has 1 fully saturated rings. The fourth-order valence-corrected chi connectivity index (χ4v) is 2.46. The third-order valence-electron chi connectivity index (χ3n) is 4.11. The number of aryl methyl sites for hydroxylation is 1. The maximum absolute atomic E-state index is 13.8. The van der Waals surface area contributed by atoms with E-state index in [1.165, 1.54) is 13.2 Å². The number of halogens is 1. The first-order valence-electron chi connectivity index (χ1n) is 7.42. The van der Waals surface area contributed by atoms with Crippen molar-refractivity contribution in [1.29, 1.82) is 0 Å². The lowest BCUT2D eigenvalue weighted by atomic mass is 10.0. The lowest BCUT2D eigenvalue weighted by molar-refractivity contribution is -0.0860. The van der Waals surface area contributed by atoms with Crippen LogP contribution in [0.4, 0.5) is 14.9 Å². The Bertz CT molecular complexity index is 565. The molecule has 5 nitrogen and oxygen atoms in total. The second-order valence-electron chi connectivity index (χ2n) is 5.81. The summed E-state index contributed by atoms with van der Waals surface area (Å²) in [6.45, 7) is 7.38. The van der Waals surface area contributed by atoms with E-state index in [1.54, 1.807) is 17.9 Å². The Morgan fingerprint density at radius 1 is 1.55 bits per heavy atom. The van der Waals surface area contributed by atoms with Gasteiger partial charge in [0.25, 0.3) is 0 Å². The number of morpholine rings is 1. The predicted molar refractivity (Wildman–Crippen MR) is 82.9 cm³/mol. The molecule has 1 aromatic carbocycles. The Morgan fingerprint density at radius 3 is 2.91 bits per heavy atom. The quantitative estimate of drug-likeness (QED) is 0.933. The molecule has 122 valence electrons. The molecule has 2 rings (SSSR count). The van der Waals surface area contributed by atoms with Crippen molar-refractivity contribution < 1.29 is 18.7 Å². The highest BCUT2D eigenvalue weighted by molar-refractivity contribution is 5.90. The SMILES string of the molecule is CCC1(C)CN(C(=O)Nc2cc(F)c(OC)cc2C)CCO1. The van der Waals surface area contributed by atoms with Crippen molar-refractivity contribution in [3.8, 4) is 5.75 Å². The van der Waals surface area contributed by atoms with Crippen molar-refractivity contribution in [3.63, 3.8) is 0 Å². The van der Waals surface area contributed by atoms with E-state index >= 15 is 0 Å². The maximum Gasteiger partial charge on any atom is 0.322 e. The number of hydrogen-bond acceptors (Lipinski definition) is 3. The number of amides is 2. The molecule has 2 amide bonds. The van der Waals surface area contributed by atoms with Gasteiger partial charge >= 0.3 is 6.03 Å². The summed E-state index contributed by atoms with van der Waals surface area (Å²) in [6, 6.07) is 2.61. The predicted octanol–water partition coefficient (Wildman–Crippen LogP) is 3.18. The average Bonchev–Trinajstić information content (AvgIpc) is 2.50. The van der Waals surface area contributed by atoms with Crippen LogP contribution in [0.5, 0.6) is 5.75 Å². The highest BCUT2D eigenvalue weighted by Gasteiger charge is 2.32. The van der Waals surface area contributed by atoms with E-state index in [0.717, 1.165) is 12.0 Å². The zero-order chi connectivity index (χ0) is 16.3. The summed E-state index contributed by atoms with van der Waals surface area (Å²) in [7, 11) is 1.41. The Kier molecular flexibility index (Phi) is 4.90. The highest BCUT2D eigenvalue weighted by Crippen LogP contribution is 2.26. The molecule has 1 heterocycles. The second-order valence-corrected chi connectivity index (χ2v) is 5.81. The van der Waals surface area contributed by atoms with Crippen molar-refractivity contribution in [2.24, 2.45) is 0 Å². The van der Waals surface area contributed by atoms with E-state index in [0.29, 0.717) is 25.4 Å². The molecule has 0 aliphatic carbocycles. The lowest BCUT2D eigenvalue weighted by Crippen LogP contribution is -2.53. The van der Waals surface area contributed by atoms with Crippen molar-refractivity contribution in [2.75, 3.05) is 32.1 Å². The zero-order valence-corrected chi connectivity index (χ0v) is 13.5. The van der Waals surface area contributed by atoms with Gasteiger partial charge in [-0.15, -0.1) is 0 Å². The van der Waals surface area contributed by atoms with Crippen LogP contribution in [0.2, 0.25) is 0 Å². The fraction of sp³-hybridized carbons (Fsp3) is 0.562. The van der Waals surface area contributed by atoms with Gasteiger partial charge in [0.1, 0.15) is 0 Å². The summed E-state index contributed by atoms with van der Waals surface area (Å²) < 4.78 is 24.4. The van der Waals surface area contributed by atoms with Gasteiger partial charge in [-0.2, -0.15) is 0 Å². The van der Waals surface area contributed by atoms with E-state index < -0.39 is 5.82 Å². The van der Waals surface area contributed by atoms with E-state index in [-0.39, 0.29) is 17.4 Å². The molecular formula is C16H23FN2O3. The number of nitrogens with one attached hydrogen (secondary N) is 1. The Labute approximate surface area is 130 Å². The van der Waals surface area contributed by atoms with Crippen molar-refractivity contribution >= 4 is 11.7 Å². The van der Waals surface area contributed by atoms with Gasteiger partial charge in [-0.3, -0.25) is 0 Å². The van der Waals surface area contributed by atoms with E-state index in [2.05, 4.69) is 5.32 Å². The smallest absolute Gasteiger partial charge is 0.322 e. The average molecular weight is 310 g/mol. The first-order valence-corrected chi connectivity index (χ1v) is 7.42. The minimum absolute atomic E-state index is 0.167. The number of anilines is 1. The standard InChI is InChI=1S/C16H23FN2O3/c1-5-16(3)10-19(6-7-22-16)15(20)18-13-9-12(17)14(21-4)8-11(13)2/h8-9H,5-7,10H2,1-4H3,(H,18,20). The van der Waals surface area contributed by atoms with Crippen LogP contribution < -0.4 is 10.1 Å². The maximum atomic E-state index is 13.8. The third-order valence-corrected chi connectivity index (χ3v) is 4.11. The van der Waals surface area contributed by atoms with Gasteiger partial charge in [0.15, 0.2) is 11.6 Å². The summed E-state index contributed by atoms with van der Waals surface area (Å²) in [5.41, 5.74) is 0.876. The molecule has 1 N–H and O–H groups in total. The molecule has 0 saturated carbocycles. The van der Waals surface area contributed by atoms with Gasteiger partial charge in [-0.1, -0.05) is 6.92 Å². The van der Waals surface area contributed by atoms with Crippen LogP contribution in [-0.2, 0) is 4.74 Å². The number of carbonyl (C=O) groups is 1. The number of rotatable bonds is 3. The summed E-state index contributed by atoms with van der Waals surface area (Å²) in [6.07, 6.45) is 0.826. The lowest BCUT2D eigenvalue weighted by Gasteiger charge is -2.40. The van der Waals surface area contributed by atoms with Gasteiger partial charge < -0.3 is 19.7 Å². The van der Waals surface area contributed by atoms with E-state index in [1.807, 2.05) is 13.8 Å². The van der Waals surface area contributed by atoms with Crippen LogP contribution >= 0.6 is 0 Å². The molecule has 0 aromatic heterocycles. The van der Waals surface area contributed by atoms with Gasteiger partial charge in [0.2, 0.25) is 0 Å². The Hall–Kier alpha value is -1.82. The molecular weight excluding hydrogens is 287 g/mol. The van der Waals surface area contributed by atoms with E-state index in [4.69, 9.17) is 9.47 Å². The zero-order valence-electron chi connectivity index (χ0n) is 13.5. The molecule has 1 aromatic rings. The van der Waals surface area contributed by atoms with Crippen molar-refractivity contribution in [3.05, 3.63) is 23.5 Å². The molecule has 1 unspecified atom stereocenters. The van der Waals surface area contributed by atoms with Crippen LogP contribution in [0.15, 0.2) is 12.1 Å². The van der Waals surface area contributed by atoms with Gasteiger partial charge in [-0.25, -0.2) is 9.18 Å². The molecule has 0 spiro atoms. The van der Waals surface area contributed by atoms with E-state index in [9.17, 15) is 9.18 Å². The minimum Gasteiger partial charge on any atom is -0.494 e. The Morgan fingerprint density at radius 2 is 2.27 bits per heavy atom. The fourth-order valence-electron chi connectivity index (χ4n) is 2.46. The van der Waals surface area contributed by atoms with Crippen LogP contribution in [-0.4, -0.2) is 43.3 Å². The molecule has 1 saturated heterocycles. The molecule has 1 atom stereocenters. The second kappa shape index (κ2) is 6.52. The van der Waals surface area contributed by atoms with Gasteiger partial charge in [0, 0.05) is 18.3 Å². The third kappa shape index (κ3) is 3.50. The van der Waals surface area contributed by atoms with Crippen LogP contribution in [0, 0.1) is 12.7 Å². The van der Waals surface area contributed by atoms with Gasteiger partial charge in [0.05, 0.1) is 25.9 Å². The number of carbonyl (C=O) groups excluding carboxylic acids is 1. The van der Waals surface area contributed by atoms with Gasteiger partial charge in [-0.05, 0) is 31.9 Å². The normalized spacial score (nSPS) is 21.6. The summed E-state index contributed by atoms with van der Waals surface area (Å²) in [5.74, 6) is -0.329.